The molecule has 3 rings (SSSR count). The molecule has 29 heavy (non-hydrogen) atoms. The Morgan fingerprint density at radius 1 is 1.24 bits per heavy atom. The summed E-state index contributed by atoms with van der Waals surface area (Å²) in [6.45, 7) is -0.356. The van der Waals surface area contributed by atoms with Crippen molar-refractivity contribution in [2.24, 2.45) is 0 Å². The summed E-state index contributed by atoms with van der Waals surface area (Å²) < 4.78 is 18.0. The van der Waals surface area contributed by atoms with Crippen LogP contribution in [0.2, 0.25) is 5.02 Å². The van der Waals surface area contributed by atoms with Crippen molar-refractivity contribution in [1.29, 1.82) is 5.26 Å². The number of hydrogen-bond acceptors (Lipinski definition) is 6. The number of aromatic nitrogens is 2. The highest BCUT2D eigenvalue weighted by Crippen LogP contribution is 2.24. The average Bonchev–Trinajstić information content (AvgIpc) is 2.70. The quantitative estimate of drug-likeness (QED) is 0.594. The second-order valence-electron chi connectivity index (χ2n) is 5.77. The number of nitrogens with zero attached hydrogens (tertiary/aromatic N) is 3. The van der Waals surface area contributed by atoms with Gasteiger partial charge in [0.15, 0.2) is 0 Å². The first-order chi connectivity index (χ1) is 14.0. The van der Waals surface area contributed by atoms with Crippen LogP contribution in [0.25, 0.3) is 11.3 Å². The summed E-state index contributed by atoms with van der Waals surface area (Å²) in [5.41, 5.74) is 1.17. The van der Waals surface area contributed by atoms with E-state index in [0.717, 1.165) is 10.2 Å². The SMILES string of the molecule is N#Cc1cc(NC(=O)Cn2nc(-c3ccc(Cl)cc3)ccc2=O)cc(OSF)c1. The lowest BCUT2D eigenvalue weighted by Crippen LogP contribution is -2.29. The molecule has 0 atom stereocenters. The molecule has 1 amide bonds. The molecular formula is C19H12ClFN4O3S. The molecule has 146 valence electrons. The zero-order valence-corrected chi connectivity index (χ0v) is 16.2. The highest BCUT2D eigenvalue weighted by atomic mass is 35.5. The van der Waals surface area contributed by atoms with E-state index in [1.165, 1.54) is 24.3 Å². The number of carbonyl (C=O) groups excluding carboxylic acids is 1. The van der Waals surface area contributed by atoms with E-state index in [9.17, 15) is 13.5 Å². The molecule has 3 aromatic rings. The highest BCUT2D eigenvalue weighted by molar-refractivity contribution is 7.89. The molecule has 0 unspecified atom stereocenters. The Morgan fingerprint density at radius 3 is 2.69 bits per heavy atom. The zero-order chi connectivity index (χ0) is 20.8. The standard InChI is InChI=1S/C19H12ClFN4O3S/c20-14-3-1-13(2-4-14)17-5-6-19(27)25(24-17)11-18(26)23-15-7-12(10-22)8-16(9-15)28-29-21/h1-9H,11H2,(H,23,26). The third-order valence-corrected chi connectivity index (χ3v) is 4.25. The number of amides is 1. The Hall–Kier alpha value is -3.35. The number of nitrogens with one attached hydrogen (secondary N) is 1. The van der Waals surface area contributed by atoms with Crippen molar-refractivity contribution < 1.29 is 12.9 Å². The van der Waals surface area contributed by atoms with Gasteiger partial charge >= 0.3 is 0 Å². The topological polar surface area (TPSA) is 97.0 Å². The monoisotopic (exact) mass is 430 g/mol. The molecule has 0 aliphatic carbocycles. The minimum absolute atomic E-state index is 0.0619. The number of hydrogen-bond donors (Lipinski definition) is 1. The van der Waals surface area contributed by atoms with Gasteiger partial charge in [0.05, 0.1) is 17.3 Å². The van der Waals surface area contributed by atoms with Crippen LogP contribution < -0.4 is 15.1 Å². The first-order valence-electron chi connectivity index (χ1n) is 8.13. The largest absolute Gasteiger partial charge is 0.397 e. The first kappa shape index (κ1) is 20.4. The van der Waals surface area contributed by atoms with Gasteiger partial charge in [0.25, 0.3) is 18.0 Å². The van der Waals surface area contributed by atoms with Gasteiger partial charge in [-0.05, 0) is 30.3 Å². The van der Waals surface area contributed by atoms with Crippen LogP contribution in [0.4, 0.5) is 9.57 Å². The second-order valence-corrected chi connectivity index (χ2v) is 6.50. The predicted molar refractivity (Wildman–Crippen MR) is 108 cm³/mol. The molecule has 0 bridgehead atoms. The molecule has 0 fully saturated rings. The van der Waals surface area contributed by atoms with Crippen LogP contribution in [0.5, 0.6) is 5.75 Å². The minimum Gasteiger partial charge on any atom is -0.397 e. The summed E-state index contributed by atoms with van der Waals surface area (Å²) in [5, 5.41) is 16.3. The second kappa shape index (κ2) is 9.23. The van der Waals surface area contributed by atoms with Gasteiger partial charge in [0.2, 0.25) is 5.91 Å². The van der Waals surface area contributed by atoms with Crippen LogP contribution >= 0.6 is 24.0 Å². The third kappa shape index (κ3) is 5.34. The van der Waals surface area contributed by atoms with E-state index in [0.29, 0.717) is 10.7 Å². The van der Waals surface area contributed by atoms with Crippen molar-refractivity contribution in [3.63, 3.8) is 0 Å². The Kier molecular flexibility index (Phi) is 6.49. The summed E-state index contributed by atoms with van der Waals surface area (Å²) in [6.07, 6.45) is 0. The molecule has 10 heteroatoms. The number of nitriles is 1. The van der Waals surface area contributed by atoms with Crippen LogP contribution in [0.1, 0.15) is 5.56 Å². The van der Waals surface area contributed by atoms with Crippen LogP contribution in [0, 0.1) is 11.3 Å². The average molecular weight is 431 g/mol. The molecule has 0 radical (unpaired) electrons. The lowest BCUT2D eigenvalue weighted by atomic mass is 10.1. The third-order valence-electron chi connectivity index (χ3n) is 3.75. The fraction of sp³-hybridized carbons (Fsp3) is 0.0526. The van der Waals surface area contributed by atoms with E-state index in [2.05, 4.69) is 14.6 Å². The van der Waals surface area contributed by atoms with Crippen molar-refractivity contribution in [2.45, 2.75) is 6.54 Å². The van der Waals surface area contributed by atoms with E-state index >= 15 is 0 Å². The number of benzene rings is 2. The summed E-state index contributed by atoms with van der Waals surface area (Å²) in [6, 6.07) is 15.7. The predicted octanol–water partition coefficient (Wildman–Crippen LogP) is 3.99. The molecule has 0 aliphatic heterocycles. The fourth-order valence-corrected chi connectivity index (χ4v) is 2.79. The van der Waals surface area contributed by atoms with Gasteiger partial charge in [-0.1, -0.05) is 23.7 Å². The maximum atomic E-state index is 12.4. The Morgan fingerprint density at radius 2 is 2.00 bits per heavy atom. The summed E-state index contributed by atoms with van der Waals surface area (Å²) in [7, 11) is 0. The minimum atomic E-state index is -0.554. The summed E-state index contributed by atoms with van der Waals surface area (Å²) in [5.74, 6) is -0.492. The van der Waals surface area contributed by atoms with Gasteiger partial charge in [-0.15, -0.1) is 3.89 Å². The van der Waals surface area contributed by atoms with E-state index in [4.69, 9.17) is 16.9 Å². The van der Waals surface area contributed by atoms with Crippen molar-refractivity contribution >= 4 is 35.6 Å². The van der Waals surface area contributed by atoms with Crippen molar-refractivity contribution in [2.75, 3.05) is 5.32 Å². The molecule has 0 saturated heterocycles. The molecule has 0 spiro atoms. The van der Waals surface area contributed by atoms with Crippen LogP contribution in [-0.2, 0) is 11.3 Å². The molecule has 7 nitrogen and oxygen atoms in total. The Bertz CT molecular complexity index is 1150. The summed E-state index contributed by atoms with van der Waals surface area (Å²) >= 11 is 5.49. The first-order valence-corrected chi connectivity index (χ1v) is 9.15. The van der Waals surface area contributed by atoms with E-state index in [-0.39, 0.29) is 36.0 Å². The lowest BCUT2D eigenvalue weighted by Gasteiger charge is -2.09. The Balaban J connectivity index is 1.80. The van der Waals surface area contributed by atoms with Gasteiger partial charge in [0.1, 0.15) is 12.3 Å². The van der Waals surface area contributed by atoms with Gasteiger partial charge in [-0.25, -0.2) is 4.68 Å². The number of anilines is 1. The molecule has 2 aromatic carbocycles. The molecule has 1 N–H and O–H groups in total. The fourth-order valence-electron chi connectivity index (χ4n) is 2.49. The molecular weight excluding hydrogens is 419 g/mol. The molecule has 1 aromatic heterocycles. The van der Waals surface area contributed by atoms with Crippen molar-refractivity contribution in [3.05, 3.63) is 75.5 Å². The van der Waals surface area contributed by atoms with Gasteiger partial charge in [0, 0.05) is 28.4 Å². The van der Waals surface area contributed by atoms with E-state index in [1.807, 2.05) is 6.07 Å². The maximum Gasteiger partial charge on any atom is 0.272 e. The number of rotatable bonds is 6. The normalized spacial score (nSPS) is 10.2. The van der Waals surface area contributed by atoms with Gasteiger partial charge in [-0.3, -0.25) is 9.59 Å². The summed E-state index contributed by atoms with van der Waals surface area (Å²) in [4.78, 5) is 24.4. The van der Waals surface area contributed by atoms with E-state index < -0.39 is 11.5 Å². The van der Waals surface area contributed by atoms with Crippen LogP contribution in [0.3, 0.4) is 0 Å². The van der Waals surface area contributed by atoms with Crippen molar-refractivity contribution in [1.82, 2.24) is 9.78 Å². The van der Waals surface area contributed by atoms with Crippen molar-refractivity contribution in [3.8, 4) is 23.1 Å². The number of carbonyl (C=O) groups is 1. The van der Waals surface area contributed by atoms with Gasteiger partial charge in [-0.2, -0.15) is 10.4 Å². The molecule has 0 aliphatic rings. The van der Waals surface area contributed by atoms with Crippen LogP contribution in [0.15, 0.2) is 59.4 Å². The molecule has 1 heterocycles. The maximum absolute atomic E-state index is 12.4. The lowest BCUT2D eigenvalue weighted by molar-refractivity contribution is -0.117. The van der Waals surface area contributed by atoms with Gasteiger partial charge < -0.3 is 9.50 Å². The smallest absolute Gasteiger partial charge is 0.272 e. The van der Waals surface area contributed by atoms with E-state index in [1.54, 1.807) is 30.3 Å². The highest BCUT2D eigenvalue weighted by Gasteiger charge is 2.10. The number of halogens is 2. The zero-order valence-electron chi connectivity index (χ0n) is 14.6. The Labute approximate surface area is 174 Å². The van der Waals surface area contributed by atoms with Crippen LogP contribution in [-0.4, -0.2) is 15.7 Å². The molecule has 0 saturated carbocycles.